The van der Waals surface area contributed by atoms with Gasteiger partial charge in [-0.25, -0.2) is 0 Å². The molecule has 0 radical (unpaired) electrons. The van der Waals surface area contributed by atoms with E-state index in [-0.39, 0.29) is 11.5 Å². The van der Waals surface area contributed by atoms with Crippen LogP contribution in [0.15, 0.2) is 12.1 Å². The summed E-state index contributed by atoms with van der Waals surface area (Å²) in [5, 5.41) is 18.8. The zero-order valence-electron chi connectivity index (χ0n) is 5.46. The first-order chi connectivity index (χ1) is 4.61. The summed E-state index contributed by atoms with van der Waals surface area (Å²) in [6.07, 6.45) is 0. The fraction of sp³-hybridized carbons (Fsp3) is 0. The average Bonchev–Trinajstić information content (AvgIpc) is 1.84. The van der Waals surface area contributed by atoms with Gasteiger partial charge in [-0.1, -0.05) is 13.2 Å². The molecule has 0 aliphatic heterocycles. The molecule has 0 bridgehead atoms. The highest BCUT2D eigenvalue weighted by molar-refractivity contribution is 5.36. The number of hydrogen-bond acceptors (Lipinski definition) is 2. The van der Waals surface area contributed by atoms with Gasteiger partial charge < -0.3 is 10.2 Å². The highest BCUT2D eigenvalue weighted by Crippen LogP contribution is 2.00. The molecule has 52 valence electrons. The predicted molar refractivity (Wildman–Crippen MR) is 40.1 cm³/mol. The van der Waals surface area contributed by atoms with Gasteiger partial charge in [0.1, 0.15) is 11.5 Å². The van der Waals surface area contributed by atoms with Crippen LogP contribution in [0.4, 0.5) is 0 Å². The van der Waals surface area contributed by atoms with Crippen molar-refractivity contribution in [3.63, 3.8) is 0 Å². The third kappa shape index (κ3) is 0.957. The fourth-order valence-corrected chi connectivity index (χ4v) is 0.663. The van der Waals surface area contributed by atoms with E-state index in [1.807, 2.05) is 0 Å². The maximum absolute atomic E-state index is 9.01. The van der Waals surface area contributed by atoms with E-state index in [2.05, 4.69) is 13.2 Å². The Morgan fingerprint density at radius 1 is 0.900 bits per heavy atom. The molecule has 2 N–H and O–H groups in total. The van der Waals surface area contributed by atoms with Crippen LogP contribution in [0.5, 0.6) is 11.5 Å². The monoisotopic (exact) mass is 136 g/mol. The molecule has 1 aromatic carbocycles. The first kappa shape index (κ1) is 6.68. The van der Waals surface area contributed by atoms with Gasteiger partial charge >= 0.3 is 0 Å². The van der Waals surface area contributed by atoms with Crippen molar-refractivity contribution in [2.45, 2.75) is 0 Å². The first-order valence-electron chi connectivity index (χ1n) is 2.81. The van der Waals surface area contributed by atoms with Crippen molar-refractivity contribution in [1.29, 1.82) is 0 Å². The molecule has 0 aliphatic rings. The van der Waals surface area contributed by atoms with Crippen LogP contribution in [0.25, 0.3) is 13.2 Å². The van der Waals surface area contributed by atoms with Crippen molar-refractivity contribution in [1.82, 2.24) is 0 Å². The van der Waals surface area contributed by atoms with Gasteiger partial charge in [0.2, 0.25) is 0 Å². The molecule has 0 unspecified atom stereocenters. The number of phenols is 2. The molecule has 0 aliphatic carbocycles. The van der Waals surface area contributed by atoms with E-state index in [4.69, 9.17) is 10.2 Å². The van der Waals surface area contributed by atoms with E-state index in [0.717, 1.165) is 0 Å². The zero-order valence-corrected chi connectivity index (χ0v) is 5.46. The van der Waals surface area contributed by atoms with Crippen molar-refractivity contribution >= 4 is 13.2 Å². The second kappa shape index (κ2) is 2.06. The molecular weight excluding hydrogens is 128 g/mol. The van der Waals surface area contributed by atoms with E-state index >= 15 is 0 Å². The molecule has 0 aromatic heterocycles. The Morgan fingerprint density at radius 2 is 1.20 bits per heavy atom. The Morgan fingerprint density at radius 3 is 1.50 bits per heavy atom. The van der Waals surface area contributed by atoms with E-state index in [1.165, 1.54) is 12.1 Å². The number of phenolic OH excluding ortho intramolecular Hbond substituents is 2. The SMILES string of the molecule is C=c1cc(O)c(=C)cc1O. The Bertz CT molecular complexity index is 305. The molecule has 0 heterocycles. The molecule has 0 fully saturated rings. The summed E-state index contributed by atoms with van der Waals surface area (Å²) in [6.45, 7) is 6.97. The maximum atomic E-state index is 9.01. The minimum absolute atomic E-state index is 0.0581. The van der Waals surface area contributed by atoms with E-state index in [9.17, 15) is 0 Å². The molecule has 1 rings (SSSR count). The lowest BCUT2D eigenvalue weighted by molar-refractivity contribution is 0.453. The largest absolute Gasteiger partial charge is 0.507 e. The molecular formula is C8H8O2. The fourth-order valence-electron chi connectivity index (χ4n) is 0.663. The van der Waals surface area contributed by atoms with Crippen molar-refractivity contribution < 1.29 is 10.2 Å². The molecule has 10 heavy (non-hydrogen) atoms. The second-order valence-corrected chi connectivity index (χ2v) is 2.11. The van der Waals surface area contributed by atoms with Gasteiger partial charge in [0.05, 0.1) is 0 Å². The molecule has 0 saturated heterocycles. The summed E-state index contributed by atoms with van der Waals surface area (Å²) >= 11 is 0. The van der Waals surface area contributed by atoms with Crippen molar-refractivity contribution in [3.8, 4) is 11.5 Å². The van der Waals surface area contributed by atoms with Crippen LogP contribution < -0.4 is 10.4 Å². The van der Waals surface area contributed by atoms with Crippen molar-refractivity contribution in [3.05, 3.63) is 22.6 Å². The van der Waals surface area contributed by atoms with Gasteiger partial charge in [0, 0.05) is 10.4 Å². The summed E-state index contributed by atoms with van der Waals surface area (Å²) in [6, 6.07) is 2.75. The van der Waals surface area contributed by atoms with Crippen LogP contribution in [0.3, 0.4) is 0 Å². The minimum Gasteiger partial charge on any atom is -0.507 e. The first-order valence-corrected chi connectivity index (χ1v) is 2.81. The molecule has 0 amide bonds. The standard InChI is InChI=1S/C8H8O2/c1-5-3-8(10)6(2)4-7(5)9/h3-4,9-10H,1-2H2. The smallest absolute Gasteiger partial charge is 0.123 e. The van der Waals surface area contributed by atoms with Crippen molar-refractivity contribution in [2.75, 3.05) is 0 Å². The lowest BCUT2D eigenvalue weighted by Gasteiger charge is -1.94. The van der Waals surface area contributed by atoms with E-state index in [1.54, 1.807) is 0 Å². The molecule has 0 saturated carbocycles. The van der Waals surface area contributed by atoms with Gasteiger partial charge in [-0.05, 0) is 12.1 Å². The Kier molecular flexibility index (Phi) is 1.38. The zero-order chi connectivity index (χ0) is 7.72. The van der Waals surface area contributed by atoms with Gasteiger partial charge in [-0.15, -0.1) is 0 Å². The number of hydrogen-bond donors (Lipinski definition) is 2. The van der Waals surface area contributed by atoms with Crippen LogP contribution in [-0.4, -0.2) is 10.2 Å². The second-order valence-electron chi connectivity index (χ2n) is 2.11. The average molecular weight is 136 g/mol. The third-order valence-electron chi connectivity index (χ3n) is 1.28. The summed E-state index contributed by atoms with van der Waals surface area (Å²) in [4.78, 5) is 0. The maximum Gasteiger partial charge on any atom is 0.123 e. The number of rotatable bonds is 0. The lowest BCUT2D eigenvalue weighted by Crippen LogP contribution is -2.05. The summed E-state index contributed by atoms with van der Waals surface area (Å²) in [5.74, 6) is 0.116. The van der Waals surface area contributed by atoms with E-state index in [0.29, 0.717) is 10.4 Å². The predicted octanol–water partition coefficient (Wildman–Crippen LogP) is -0.0816. The van der Waals surface area contributed by atoms with Crippen LogP contribution >= 0.6 is 0 Å². The Labute approximate surface area is 58.4 Å². The molecule has 2 heteroatoms. The summed E-state index contributed by atoms with van der Waals surface area (Å²) in [5.41, 5.74) is 0. The quantitative estimate of drug-likeness (QED) is 0.490. The highest BCUT2D eigenvalue weighted by Gasteiger charge is 1.92. The normalized spacial score (nSPS) is 9.60. The van der Waals surface area contributed by atoms with Crippen LogP contribution in [0.1, 0.15) is 0 Å². The summed E-state index contributed by atoms with van der Waals surface area (Å²) in [7, 11) is 0. The van der Waals surface area contributed by atoms with Crippen molar-refractivity contribution in [2.24, 2.45) is 0 Å². The third-order valence-corrected chi connectivity index (χ3v) is 1.28. The number of aromatic hydroxyl groups is 2. The van der Waals surface area contributed by atoms with Gasteiger partial charge in [0.25, 0.3) is 0 Å². The van der Waals surface area contributed by atoms with Gasteiger partial charge in [-0.3, -0.25) is 0 Å². The molecule has 0 atom stereocenters. The number of benzene rings is 1. The molecule has 2 nitrogen and oxygen atoms in total. The van der Waals surface area contributed by atoms with E-state index < -0.39 is 0 Å². The van der Waals surface area contributed by atoms with Gasteiger partial charge in [-0.2, -0.15) is 0 Å². The highest BCUT2D eigenvalue weighted by atomic mass is 16.3. The summed E-state index contributed by atoms with van der Waals surface area (Å²) < 4.78 is 0. The Hall–Kier alpha value is -1.44. The van der Waals surface area contributed by atoms with Crippen LogP contribution in [0.2, 0.25) is 0 Å². The topological polar surface area (TPSA) is 40.5 Å². The van der Waals surface area contributed by atoms with Crippen LogP contribution in [0, 0.1) is 0 Å². The minimum atomic E-state index is 0.0581. The Balaban J connectivity index is 3.59. The van der Waals surface area contributed by atoms with Gasteiger partial charge in [0.15, 0.2) is 0 Å². The van der Waals surface area contributed by atoms with Crippen LogP contribution in [-0.2, 0) is 0 Å². The molecule has 1 aromatic rings. The molecule has 0 spiro atoms. The lowest BCUT2D eigenvalue weighted by atomic mass is 10.2.